The molecule has 2 fully saturated rings. The second-order valence-corrected chi connectivity index (χ2v) is 8.66. The van der Waals surface area contributed by atoms with Crippen LogP contribution in [0.2, 0.25) is 0 Å². The van der Waals surface area contributed by atoms with Crippen molar-refractivity contribution in [1.82, 2.24) is 4.90 Å². The molecule has 2 aromatic rings. The van der Waals surface area contributed by atoms with Crippen LogP contribution in [0.25, 0.3) is 11.1 Å². The van der Waals surface area contributed by atoms with Crippen molar-refractivity contribution in [2.45, 2.75) is 43.6 Å². The second-order valence-electron chi connectivity index (χ2n) is 8.66. The minimum Gasteiger partial charge on any atom is -0.481 e. The molecule has 1 saturated carbocycles. The van der Waals surface area contributed by atoms with E-state index in [1.165, 1.54) is 22.3 Å². The smallest absolute Gasteiger partial charge is 0.410 e. The van der Waals surface area contributed by atoms with E-state index in [-0.39, 0.29) is 29.9 Å². The van der Waals surface area contributed by atoms with Gasteiger partial charge in [-0.05, 0) is 53.9 Å². The van der Waals surface area contributed by atoms with Crippen LogP contribution >= 0.6 is 0 Å². The van der Waals surface area contributed by atoms with Crippen LogP contribution in [0.1, 0.15) is 49.1 Å². The van der Waals surface area contributed by atoms with Crippen LogP contribution in [0, 0.1) is 5.92 Å². The van der Waals surface area contributed by atoms with E-state index in [4.69, 9.17) is 9.84 Å². The summed E-state index contributed by atoms with van der Waals surface area (Å²) in [6, 6.07) is 16.6. The van der Waals surface area contributed by atoms with Crippen molar-refractivity contribution in [3.63, 3.8) is 0 Å². The van der Waals surface area contributed by atoms with Gasteiger partial charge < -0.3 is 14.7 Å². The van der Waals surface area contributed by atoms with Crippen molar-refractivity contribution in [3.8, 4) is 11.1 Å². The number of likely N-dealkylation sites (tertiary alicyclic amines) is 1. The largest absolute Gasteiger partial charge is 0.481 e. The SMILES string of the molecule is O=C(O)CC1CN(C(=O)OCC2c3ccccc3-c3ccccc32)C2(CCC2)C1. The van der Waals surface area contributed by atoms with E-state index in [1.54, 1.807) is 0 Å². The summed E-state index contributed by atoms with van der Waals surface area (Å²) in [5.74, 6) is -0.728. The molecule has 1 amide bonds. The van der Waals surface area contributed by atoms with Crippen LogP contribution in [-0.4, -0.2) is 40.8 Å². The first-order valence-electron chi connectivity index (χ1n) is 10.4. The minimum atomic E-state index is -0.793. The summed E-state index contributed by atoms with van der Waals surface area (Å²) >= 11 is 0. The molecule has 2 aromatic carbocycles. The zero-order chi connectivity index (χ0) is 20.0. The summed E-state index contributed by atoms with van der Waals surface area (Å²) in [6.07, 6.45) is 3.60. The van der Waals surface area contributed by atoms with Crippen molar-refractivity contribution in [2.24, 2.45) is 5.92 Å². The molecule has 5 nitrogen and oxygen atoms in total. The molecule has 29 heavy (non-hydrogen) atoms. The molecule has 3 aliphatic rings. The molecule has 1 N–H and O–H groups in total. The predicted molar refractivity (Wildman–Crippen MR) is 109 cm³/mol. The summed E-state index contributed by atoms with van der Waals surface area (Å²) in [7, 11) is 0. The summed E-state index contributed by atoms with van der Waals surface area (Å²) in [6.45, 7) is 0.798. The van der Waals surface area contributed by atoms with Crippen LogP contribution in [0.15, 0.2) is 48.5 Å². The zero-order valence-electron chi connectivity index (χ0n) is 16.3. The van der Waals surface area contributed by atoms with Crippen molar-refractivity contribution >= 4 is 12.1 Å². The molecule has 1 heterocycles. The van der Waals surface area contributed by atoms with Crippen molar-refractivity contribution in [1.29, 1.82) is 0 Å². The molecule has 2 aliphatic carbocycles. The van der Waals surface area contributed by atoms with Gasteiger partial charge in [0.15, 0.2) is 0 Å². The molecule has 0 aromatic heterocycles. The maximum atomic E-state index is 13.0. The van der Waals surface area contributed by atoms with Crippen LogP contribution in [0.4, 0.5) is 4.79 Å². The number of amides is 1. The summed E-state index contributed by atoms with van der Waals surface area (Å²) in [5, 5.41) is 9.16. The lowest BCUT2D eigenvalue weighted by molar-refractivity contribution is -0.138. The van der Waals surface area contributed by atoms with Gasteiger partial charge in [-0.3, -0.25) is 4.79 Å². The molecule has 1 saturated heterocycles. The van der Waals surface area contributed by atoms with Crippen molar-refractivity contribution in [3.05, 3.63) is 59.7 Å². The average molecular weight is 391 g/mol. The van der Waals surface area contributed by atoms with Gasteiger partial charge in [-0.25, -0.2) is 4.79 Å². The van der Waals surface area contributed by atoms with Gasteiger partial charge in [0.1, 0.15) is 6.61 Å². The van der Waals surface area contributed by atoms with Crippen LogP contribution in [0.5, 0.6) is 0 Å². The highest BCUT2D eigenvalue weighted by Crippen LogP contribution is 2.49. The Labute approximate surface area is 170 Å². The first-order valence-corrected chi connectivity index (χ1v) is 10.4. The third-order valence-corrected chi connectivity index (χ3v) is 6.99. The van der Waals surface area contributed by atoms with E-state index < -0.39 is 5.97 Å². The van der Waals surface area contributed by atoms with Crippen molar-refractivity contribution in [2.75, 3.05) is 13.2 Å². The Morgan fingerprint density at radius 2 is 1.66 bits per heavy atom. The average Bonchev–Trinajstić information content (AvgIpc) is 3.22. The lowest BCUT2D eigenvalue weighted by Crippen LogP contribution is -2.52. The number of ether oxygens (including phenoxy) is 1. The third-order valence-electron chi connectivity index (χ3n) is 6.99. The van der Waals surface area contributed by atoms with Gasteiger partial charge in [0.2, 0.25) is 0 Å². The molecule has 150 valence electrons. The molecule has 0 radical (unpaired) electrons. The van der Waals surface area contributed by atoms with E-state index in [9.17, 15) is 9.59 Å². The summed E-state index contributed by atoms with van der Waals surface area (Å²) < 4.78 is 5.85. The van der Waals surface area contributed by atoms with Crippen LogP contribution in [-0.2, 0) is 9.53 Å². The number of carboxylic acid groups (broad SMARTS) is 1. The van der Waals surface area contributed by atoms with E-state index >= 15 is 0 Å². The molecular formula is C24H25NO4. The van der Waals surface area contributed by atoms with Gasteiger partial charge >= 0.3 is 12.1 Å². The van der Waals surface area contributed by atoms with Crippen LogP contribution < -0.4 is 0 Å². The van der Waals surface area contributed by atoms with E-state index in [2.05, 4.69) is 24.3 Å². The van der Waals surface area contributed by atoms with Gasteiger partial charge in [0, 0.05) is 24.4 Å². The first-order chi connectivity index (χ1) is 14.1. The second kappa shape index (κ2) is 6.90. The highest BCUT2D eigenvalue weighted by atomic mass is 16.6. The number of hydrogen-bond donors (Lipinski definition) is 1. The first kappa shape index (κ1) is 18.2. The van der Waals surface area contributed by atoms with Crippen molar-refractivity contribution < 1.29 is 19.4 Å². The Kier molecular flexibility index (Phi) is 4.34. The fraction of sp³-hybridized carbons (Fsp3) is 0.417. The normalized spacial score (nSPS) is 21.5. The zero-order valence-corrected chi connectivity index (χ0v) is 16.3. The molecule has 1 atom stereocenters. The van der Waals surface area contributed by atoms with Gasteiger partial charge in [-0.2, -0.15) is 0 Å². The van der Waals surface area contributed by atoms with Gasteiger partial charge in [-0.15, -0.1) is 0 Å². The van der Waals surface area contributed by atoms with E-state index in [0.29, 0.717) is 13.2 Å². The number of nitrogens with zero attached hydrogens (tertiary/aromatic N) is 1. The highest BCUT2D eigenvalue weighted by Gasteiger charge is 2.52. The number of rotatable bonds is 4. The molecular weight excluding hydrogens is 366 g/mol. The lowest BCUT2D eigenvalue weighted by Gasteiger charge is -2.45. The number of fused-ring (bicyclic) bond motifs is 3. The Bertz CT molecular complexity index is 919. The molecule has 1 aliphatic heterocycles. The maximum Gasteiger partial charge on any atom is 0.410 e. The summed E-state index contributed by atoms with van der Waals surface area (Å²) in [4.78, 5) is 26.0. The number of hydrogen-bond acceptors (Lipinski definition) is 3. The number of aliphatic carboxylic acids is 1. The number of benzene rings is 2. The standard InChI is InChI=1S/C24H25NO4/c26-22(27)12-16-13-24(10-5-11-24)25(14-16)23(28)29-15-21-19-8-3-1-6-17(19)18-7-2-4-9-20(18)21/h1-4,6-9,16,21H,5,10-15H2,(H,26,27). The topological polar surface area (TPSA) is 66.8 Å². The Hall–Kier alpha value is -2.82. The molecule has 1 spiro atoms. The number of carbonyl (C=O) groups excluding carboxylic acids is 1. The van der Waals surface area contributed by atoms with E-state index in [1.807, 2.05) is 29.2 Å². The molecule has 0 bridgehead atoms. The fourth-order valence-electron chi connectivity index (χ4n) is 5.55. The Morgan fingerprint density at radius 3 is 2.21 bits per heavy atom. The van der Waals surface area contributed by atoms with Gasteiger partial charge in [-0.1, -0.05) is 48.5 Å². The highest BCUT2D eigenvalue weighted by molar-refractivity contribution is 5.79. The van der Waals surface area contributed by atoms with Crippen LogP contribution in [0.3, 0.4) is 0 Å². The summed E-state index contributed by atoms with van der Waals surface area (Å²) in [5.41, 5.74) is 4.64. The molecule has 5 rings (SSSR count). The quantitative estimate of drug-likeness (QED) is 0.823. The molecule has 1 unspecified atom stereocenters. The monoisotopic (exact) mass is 391 g/mol. The lowest BCUT2D eigenvalue weighted by atomic mass is 9.73. The predicted octanol–water partition coefficient (Wildman–Crippen LogP) is 4.65. The molecule has 5 heteroatoms. The number of carbonyl (C=O) groups is 2. The van der Waals surface area contributed by atoms with Gasteiger partial charge in [0.05, 0.1) is 0 Å². The maximum absolute atomic E-state index is 13.0. The third kappa shape index (κ3) is 3.00. The Balaban J connectivity index is 1.33. The number of carboxylic acids is 1. The Morgan fingerprint density at radius 1 is 1.03 bits per heavy atom. The minimum absolute atomic E-state index is 0.0216. The van der Waals surface area contributed by atoms with Gasteiger partial charge in [0.25, 0.3) is 0 Å². The fourth-order valence-corrected chi connectivity index (χ4v) is 5.55. The van der Waals surface area contributed by atoms with E-state index in [0.717, 1.165) is 25.7 Å².